The Morgan fingerprint density at radius 1 is 1.14 bits per heavy atom. The first-order valence-electron chi connectivity index (χ1n) is 2.52. The zero-order valence-electron chi connectivity index (χ0n) is 4.48. The smallest absolute Gasteiger partial charge is 0 e. The van der Waals surface area contributed by atoms with E-state index in [-0.39, 0.29) is 32.7 Å². The van der Waals surface area contributed by atoms with Crippen LogP contribution in [0.2, 0.25) is 0 Å². The average Bonchev–Trinajstić information content (AvgIpc) is 1.72. The van der Waals surface area contributed by atoms with Gasteiger partial charge in [0.1, 0.15) is 0 Å². The van der Waals surface area contributed by atoms with Crippen molar-refractivity contribution in [2.45, 2.75) is 12.8 Å². The molecule has 0 spiro atoms. The van der Waals surface area contributed by atoms with E-state index in [0.717, 1.165) is 0 Å². The number of nitrogens with one attached hydrogen (secondary N) is 1. The molecule has 1 aliphatic rings. The van der Waals surface area contributed by atoms with Crippen LogP contribution in [0.5, 0.6) is 0 Å². The van der Waals surface area contributed by atoms with Gasteiger partial charge >= 0.3 is 0 Å². The van der Waals surface area contributed by atoms with E-state index in [1.165, 1.54) is 25.9 Å². The summed E-state index contributed by atoms with van der Waals surface area (Å²) in [5.74, 6) is 0. The predicted molar refractivity (Wildman–Crippen MR) is 26.4 cm³/mol. The fourth-order valence-electron chi connectivity index (χ4n) is 0.678. The van der Waals surface area contributed by atoms with Crippen LogP contribution in [-0.4, -0.2) is 13.1 Å². The van der Waals surface area contributed by atoms with Crippen molar-refractivity contribution < 1.29 is 32.7 Å². The Morgan fingerprint density at radius 2 is 1.71 bits per heavy atom. The molecule has 1 N–H and O–H groups in total. The number of rotatable bonds is 0. The third-order valence-electron chi connectivity index (χ3n) is 1.05. The van der Waals surface area contributed by atoms with E-state index in [1.54, 1.807) is 0 Å². The van der Waals surface area contributed by atoms with Crippen LogP contribution in [0.3, 0.4) is 0 Å². The molecule has 0 aromatic carbocycles. The van der Waals surface area contributed by atoms with E-state index in [9.17, 15) is 0 Å². The summed E-state index contributed by atoms with van der Waals surface area (Å²) in [5, 5.41) is 3.25. The molecule has 1 radical (unpaired) electrons. The Bertz CT molecular complexity index is 23.6. The molecule has 2 heteroatoms. The van der Waals surface area contributed by atoms with Gasteiger partial charge in [0, 0.05) is 32.7 Å². The van der Waals surface area contributed by atoms with Crippen molar-refractivity contribution in [3.05, 3.63) is 6.42 Å². The van der Waals surface area contributed by atoms with Crippen molar-refractivity contribution >= 4 is 0 Å². The Morgan fingerprint density at radius 3 is 1.86 bits per heavy atom. The van der Waals surface area contributed by atoms with Gasteiger partial charge in [-0.05, 0) is 13.1 Å². The zero-order valence-corrected chi connectivity index (χ0v) is 7.32. The summed E-state index contributed by atoms with van der Waals surface area (Å²) in [6, 6.07) is 0. The van der Waals surface area contributed by atoms with Crippen LogP contribution in [0, 0.1) is 6.42 Å². The third-order valence-corrected chi connectivity index (χ3v) is 1.05. The number of piperidine rings is 1. The monoisotopic (exact) mass is 173 g/mol. The molecule has 0 saturated carbocycles. The molecule has 0 unspecified atom stereocenters. The second-order valence-electron chi connectivity index (χ2n) is 1.62. The Balaban J connectivity index is 0.000000360. The second-order valence-corrected chi connectivity index (χ2v) is 1.62. The van der Waals surface area contributed by atoms with Gasteiger partial charge < -0.3 is 11.7 Å². The normalized spacial score (nSPS) is 20.6. The Labute approximate surface area is 70.1 Å². The predicted octanol–water partition coefficient (Wildman–Crippen LogP) is 0.572. The van der Waals surface area contributed by atoms with E-state index in [1.807, 2.05) is 0 Å². The molecule has 0 atom stereocenters. The average molecular weight is 173 g/mol. The maximum atomic E-state index is 3.25. The van der Waals surface area contributed by atoms with Crippen molar-refractivity contribution in [1.29, 1.82) is 0 Å². The van der Waals surface area contributed by atoms with Crippen LogP contribution in [0.25, 0.3) is 0 Å². The molecule has 1 nitrogen and oxygen atoms in total. The summed E-state index contributed by atoms with van der Waals surface area (Å²) in [7, 11) is 0. The molecule has 0 amide bonds. The van der Waals surface area contributed by atoms with E-state index in [2.05, 4.69) is 11.7 Å². The molecule has 1 heterocycles. The molecule has 1 rings (SSSR count). The molecule has 1 aliphatic heterocycles. The van der Waals surface area contributed by atoms with Crippen LogP contribution < -0.4 is 5.32 Å². The van der Waals surface area contributed by atoms with E-state index in [0.29, 0.717) is 0 Å². The van der Waals surface area contributed by atoms with Crippen molar-refractivity contribution in [2.24, 2.45) is 0 Å². The summed E-state index contributed by atoms with van der Waals surface area (Å²) in [6.07, 6.45) is 4.86. The van der Waals surface area contributed by atoms with E-state index in [4.69, 9.17) is 0 Å². The summed E-state index contributed by atoms with van der Waals surface area (Å²) >= 11 is 0. The van der Waals surface area contributed by atoms with E-state index < -0.39 is 0 Å². The van der Waals surface area contributed by atoms with Gasteiger partial charge in [-0.3, -0.25) is 0 Å². The summed E-state index contributed by atoms with van der Waals surface area (Å²) in [6.45, 7) is 2.39. The summed E-state index contributed by atoms with van der Waals surface area (Å²) in [4.78, 5) is 0. The summed E-state index contributed by atoms with van der Waals surface area (Å²) < 4.78 is 0. The minimum absolute atomic E-state index is 0. The second kappa shape index (κ2) is 5.21. The first-order valence-corrected chi connectivity index (χ1v) is 2.52. The van der Waals surface area contributed by atoms with Gasteiger partial charge in [-0.15, -0.1) is 0 Å². The molecule has 0 aliphatic carbocycles. The van der Waals surface area contributed by atoms with Gasteiger partial charge in [-0.25, -0.2) is 0 Å². The van der Waals surface area contributed by atoms with Crippen LogP contribution in [0.4, 0.5) is 0 Å². The molecule has 0 aromatic heterocycles. The summed E-state index contributed by atoms with van der Waals surface area (Å²) in [5.41, 5.74) is 0. The number of hydrogen-bond acceptors (Lipinski definition) is 1. The van der Waals surface area contributed by atoms with Gasteiger partial charge in [0.2, 0.25) is 0 Å². The van der Waals surface area contributed by atoms with Crippen LogP contribution in [-0.2, 0) is 32.7 Å². The van der Waals surface area contributed by atoms with Crippen molar-refractivity contribution in [1.82, 2.24) is 5.32 Å². The van der Waals surface area contributed by atoms with Gasteiger partial charge in [-0.2, -0.15) is 12.8 Å². The molecule has 1 fully saturated rings. The first kappa shape index (κ1) is 8.06. The number of hydrogen-bond donors (Lipinski definition) is 1. The van der Waals surface area contributed by atoms with Gasteiger partial charge in [0.05, 0.1) is 0 Å². The van der Waals surface area contributed by atoms with Crippen molar-refractivity contribution in [2.75, 3.05) is 13.1 Å². The maximum Gasteiger partial charge on any atom is 0 e. The van der Waals surface area contributed by atoms with Crippen LogP contribution in [0.15, 0.2) is 0 Å². The third kappa shape index (κ3) is 3.63. The molecule has 0 aromatic rings. The topological polar surface area (TPSA) is 12.0 Å². The fourth-order valence-corrected chi connectivity index (χ4v) is 0.678. The Hall–Kier alpha value is 1.06. The molecular formula is C5H10NY-. The van der Waals surface area contributed by atoms with Crippen LogP contribution in [0.1, 0.15) is 12.8 Å². The molecule has 39 valence electrons. The van der Waals surface area contributed by atoms with Gasteiger partial charge in [0.25, 0.3) is 0 Å². The van der Waals surface area contributed by atoms with E-state index >= 15 is 0 Å². The zero-order chi connectivity index (χ0) is 4.24. The van der Waals surface area contributed by atoms with Gasteiger partial charge in [0.15, 0.2) is 0 Å². The molecule has 7 heavy (non-hydrogen) atoms. The molecular weight excluding hydrogens is 163 g/mol. The first-order chi connectivity index (χ1) is 3.00. The Kier molecular flexibility index (Phi) is 6.00. The SMILES string of the molecule is [CH-]1CCNCC1.[Y]. The quantitative estimate of drug-likeness (QED) is 0.528. The largest absolute Gasteiger partial charge is 0.326 e. The van der Waals surface area contributed by atoms with Crippen LogP contribution >= 0.6 is 0 Å². The minimum Gasteiger partial charge on any atom is -0.326 e. The molecule has 0 bridgehead atoms. The van der Waals surface area contributed by atoms with Crippen molar-refractivity contribution in [3.8, 4) is 0 Å². The van der Waals surface area contributed by atoms with Gasteiger partial charge in [-0.1, -0.05) is 0 Å². The molecule has 1 saturated heterocycles. The maximum absolute atomic E-state index is 3.25. The standard InChI is InChI=1S/C5H10N.Y/c1-2-4-6-5-3-1;/h1,6H,2-5H2;/q-1;. The van der Waals surface area contributed by atoms with Crippen molar-refractivity contribution in [3.63, 3.8) is 0 Å². The fraction of sp³-hybridized carbons (Fsp3) is 0.800. The minimum atomic E-state index is 0.